The number of hydrogen-bond acceptors (Lipinski definition) is 1. The Morgan fingerprint density at radius 3 is 2.89 bits per heavy atom. The Kier molecular flexibility index (Phi) is 1.68. The van der Waals surface area contributed by atoms with Crippen LogP contribution in [-0.4, -0.2) is 4.98 Å². The lowest BCUT2D eigenvalue weighted by atomic mass is 10.2. The Bertz CT molecular complexity index is 198. The van der Waals surface area contributed by atoms with Crippen LogP contribution in [0.3, 0.4) is 0 Å². The molecule has 0 atom stereocenters. The molecule has 1 heterocycles. The monoisotopic (exact) mass is 122 g/mol. The lowest BCUT2D eigenvalue weighted by molar-refractivity contribution is 0.332. The molecule has 0 saturated heterocycles. The third-order valence-corrected chi connectivity index (χ3v) is 1.23. The summed E-state index contributed by atoms with van der Waals surface area (Å²) in [6.07, 6.45) is 2.29. The van der Waals surface area contributed by atoms with Gasteiger partial charge in [0, 0.05) is 11.8 Å². The molecule has 2 nitrogen and oxygen atoms in total. The number of hydrogen-bond donors (Lipinski definition) is 0. The number of pyridine rings is 1. The first kappa shape index (κ1) is 6.08. The molecule has 0 aliphatic carbocycles. The fourth-order valence-electron chi connectivity index (χ4n) is 0.693. The molecule has 1 radical (unpaired) electrons. The Labute approximate surface area is 54.2 Å². The van der Waals surface area contributed by atoms with Crippen molar-refractivity contribution in [3.63, 3.8) is 0 Å². The van der Waals surface area contributed by atoms with Crippen LogP contribution >= 0.6 is 0 Å². The van der Waals surface area contributed by atoms with E-state index >= 15 is 0 Å². The molecular weight excluding hydrogens is 114 g/mol. The van der Waals surface area contributed by atoms with Crippen LogP contribution in [0.15, 0.2) is 18.3 Å². The van der Waals surface area contributed by atoms with E-state index < -0.39 is 0 Å². The van der Waals surface area contributed by atoms with E-state index in [1.165, 1.54) is 6.20 Å². The third-order valence-electron chi connectivity index (χ3n) is 1.23. The van der Waals surface area contributed by atoms with Gasteiger partial charge in [-0.15, -0.1) is 0 Å². The molecule has 1 rings (SSSR count). The quantitative estimate of drug-likeness (QED) is 0.558. The Hall–Kier alpha value is -1.05. The van der Waals surface area contributed by atoms with E-state index in [0.717, 1.165) is 12.0 Å². The van der Waals surface area contributed by atoms with Gasteiger partial charge in [-0.3, -0.25) is 5.11 Å². The van der Waals surface area contributed by atoms with Crippen molar-refractivity contribution < 1.29 is 5.11 Å². The highest BCUT2D eigenvalue weighted by Crippen LogP contribution is 2.11. The van der Waals surface area contributed by atoms with Gasteiger partial charge in [-0.25, -0.2) is 4.98 Å². The largest absolute Gasteiger partial charge is 0.272 e. The van der Waals surface area contributed by atoms with Gasteiger partial charge in [0.15, 0.2) is 0 Å². The fourth-order valence-corrected chi connectivity index (χ4v) is 0.693. The first-order valence-electron chi connectivity index (χ1n) is 2.95. The summed E-state index contributed by atoms with van der Waals surface area (Å²) < 4.78 is 0. The van der Waals surface area contributed by atoms with Crippen LogP contribution < -0.4 is 0 Å². The molecular formula is C7H8NO. The zero-order valence-corrected chi connectivity index (χ0v) is 5.29. The second-order valence-corrected chi connectivity index (χ2v) is 1.82. The predicted octanol–water partition coefficient (Wildman–Crippen LogP) is 1.79. The van der Waals surface area contributed by atoms with E-state index in [2.05, 4.69) is 4.98 Å². The summed E-state index contributed by atoms with van der Waals surface area (Å²) in [4.78, 5) is 3.59. The smallest absolute Gasteiger partial charge is 0.267 e. The highest BCUT2D eigenvalue weighted by molar-refractivity contribution is 5.22. The van der Waals surface area contributed by atoms with Gasteiger partial charge in [0.25, 0.3) is 5.88 Å². The van der Waals surface area contributed by atoms with Crippen molar-refractivity contribution in [2.75, 3.05) is 0 Å². The van der Waals surface area contributed by atoms with E-state index in [1.807, 2.05) is 6.92 Å². The summed E-state index contributed by atoms with van der Waals surface area (Å²) >= 11 is 0. The Morgan fingerprint density at radius 1 is 1.67 bits per heavy atom. The average Bonchev–Trinajstić information content (AvgIpc) is 1.89. The molecule has 47 valence electrons. The van der Waals surface area contributed by atoms with E-state index in [1.54, 1.807) is 12.1 Å². The van der Waals surface area contributed by atoms with Crippen molar-refractivity contribution >= 4 is 0 Å². The molecule has 1 aromatic rings. The molecule has 2 heteroatoms. The number of rotatable bonds is 1. The van der Waals surface area contributed by atoms with Crippen LogP contribution in [0.4, 0.5) is 0 Å². The fraction of sp³-hybridized carbons (Fsp3) is 0.286. The summed E-state index contributed by atoms with van der Waals surface area (Å²) in [7, 11) is 0. The number of nitrogens with zero attached hydrogens (tertiary/aromatic N) is 1. The van der Waals surface area contributed by atoms with Crippen molar-refractivity contribution in [3.8, 4) is 5.88 Å². The van der Waals surface area contributed by atoms with Crippen molar-refractivity contribution in [3.05, 3.63) is 23.9 Å². The molecule has 0 aliphatic rings. The van der Waals surface area contributed by atoms with Gasteiger partial charge in [-0.05, 0) is 12.5 Å². The van der Waals surface area contributed by atoms with Crippen LogP contribution in [-0.2, 0) is 11.5 Å². The van der Waals surface area contributed by atoms with Crippen LogP contribution in [0.2, 0.25) is 0 Å². The van der Waals surface area contributed by atoms with Crippen LogP contribution in [0.25, 0.3) is 0 Å². The highest BCUT2D eigenvalue weighted by Gasteiger charge is 1.97. The summed E-state index contributed by atoms with van der Waals surface area (Å²) in [5, 5.41) is 10.7. The van der Waals surface area contributed by atoms with E-state index in [9.17, 15) is 5.11 Å². The maximum absolute atomic E-state index is 10.7. The Morgan fingerprint density at radius 2 is 2.44 bits per heavy atom. The van der Waals surface area contributed by atoms with Crippen molar-refractivity contribution in [2.45, 2.75) is 13.3 Å². The molecule has 0 bridgehead atoms. The topological polar surface area (TPSA) is 32.8 Å². The first-order chi connectivity index (χ1) is 4.34. The second-order valence-electron chi connectivity index (χ2n) is 1.82. The van der Waals surface area contributed by atoms with Gasteiger partial charge in [0.2, 0.25) is 0 Å². The highest BCUT2D eigenvalue weighted by atomic mass is 16.3. The van der Waals surface area contributed by atoms with E-state index in [0.29, 0.717) is 0 Å². The Balaban J connectivity index is 3.01. The standard InChI is InChI=1S/C7H8NO/c1-2-6-4-3-5-8-7(6)9/h3-5H,2H2,1H3. The molecule has 1 aromatic heterocycles. The molecule has 0 amide bonds. The van der Waals surface area contributed by atoms with Crippen LogP contribution in [0, 0.1) is 0 Å². The van der Waals surface area contributed by atoms with Gasteiger partial charge in [0.05, 0.1) is 0 Å². The van der Waals surface area contributed by atoms with Gasteiger partial charge >= 0.3 is 0 Å². The zero-order valence-electron chi connectivity index (χ0n) is 5.29. The minimum atomic E-state index is -0.0972. The van der Waals surface area contributed by atoms with E-state index in [-0.39, 0.29) is 5.88 Å². The molecule has 0 aromatic carbocycles. The molecule has 0 aliphatic heterocycles. The third kappa shape index (κ3) is 1.19. The van der Waals surface area contributed by atoms with Crippen molar-refractivity contribution in [2.24, 2.45) is 0 Å². The number of aryl methyl sites for hydroxylation is 1. The maximum atomic E-state index is 10.7. The lowest BCUT2D eigenvalue weighted by Gasteiger charge is -1.92. The molecule has 9 heavy (non-hydrogen) atoms. The normalized spacial score (nSPS) is 9.44. The molecule has 0 unspecified atom stereocenters. The first-order valence-corrected chi connectivity index (χ1v) is 2.95. The molecule has 0 spiro atoms. The van der Waals surface area contributed by atoms with Gasteiger partial charge in [-0.1, -0.05) is 13.0 Å². The number of aromatic nitrogens is 1. The minimum Gasteiger partial charge on any atom is -0.267 e. The van der Waals surface area contributed by atoms with Crippen LogP contribution in [0.5, 0.6) is 5.88 Å². The molecule has 0 N–H and O–H groups in total. The SMILES string of the molecule is CCc1cccnc1[O]. The average molecular weight is 122 g/mol. The summed E-state index contributed by atoms with van der Waals surface area (Å²) in [6.45, 7) is 1.94. The second kappa shape index (κ2) is 2.49. The molecule has 0 fully saturated rings. The summed E-state index contributed by atoms with van der Waals surface area (Å²) in [6, 6.07) is 3.58. The van der Waals surface area contributed by atoms with Gasteiger partial charge in [-0.2, -0.15) is 0 Å². The maximum Gasteiger partial charge on any atom is 0.272 e. The minimum absolute atomic E-state index is 0.0972. The molecule has 0 saturated carbocycles. The summed E-state index contributed by atoms with van der Waals surface area (Å²) in [5.41, 5.74) is 0.789. The van der Waals surface area contributed by atoms with Crippen LogP contribution in [0.1, 0.15) is 12.5 Å². The van der Waals surface area contributed by atoms with Gasteiger partial charge < -0.3 is 0 Å². The van der Waals surface area contributed by atoms with Gasteiger partial charge in [0.1, 0.15) is 0 Å². The van der Waals surface area contributed by atoms with Crippen molar-refractivity contribution in [1.29, 1.82) is 0 Å². The van der Waals surface area contributed by atoms with E-state index in [4.69, 9.17) is 0 Å². The zero-order chi connectivity index (χ0) is 6.69. The lowest BCUT2D eigenvalue weighted by Crippen LogP contribution is -1.80. The van der Waals surface area contributed by atoms with Crippen molar-refractivity contribution in [1.82, 2.24) is 4.98 Å². The predicted molar refractivity (Wildman–Crippen MR) is 33.7 cm³/mol. The summed E-state index contributed by atoms with van der Waals surface area (Å²) in [5.74, 6) is -0.0972.